The summed E-state index contributed by atoms with van der Waals surface area (Å²) in [5, 5.41) is 3.11. The van der Waals surface area contributed by atoms with Crippen LogP contribution in [0.5, 0.6) is 0 Å². The smallest absolute Gasteiger partial charge is 0.104 e. The van der Waals surface area contributed by atoms with Gasteiger partial charge in [0.15, 0.2) is 0 Å². The van der Waals surface area contributed by atoms with E-state index in [2.05, 4.69) is 56.4 Å². The predicted molar refractivity (Wildman–Crippen MR) is 73.1 cm³/mol. The van der Waals surface area contributed by atoms with Gasteiger partial charge in [-0.15, -0.1) is 0 Å². The van der Waals surface area contributed by atoms with Crippen LogP contribution in [0.2, 0.25) is 19.6 Å². The molecule has 2 rings (SSSR count). The first-order valence-electron chi connectivity index (χ1n) is 5.33. The van der Waals surface area contributed by atoms with E-state index in [9.17, 15) is 0 Å². The summed E-state index contributed by atoms with van der Waals surface area (Å²) in [7, 11) is 2.47. The molecule has 0 fully saturated rings. The molecule has 3 heteroatoms. The van der Waals surface area contributed by atoms with E-state index in [1.165, 1.54) is 24.4 Å². The van der Waals surface area contributed by atoms with E-state index in [0.29, 0.717) is 0 Å². The van der Waals surface area contributed by atoms with Gasteiger partial charge in [-0.2, -0.15) is 0 Å². The van der Waals surface area contributed by atoms with Crippen molar-refractivity contribution in [1.29, 1.82) is 0 Å². The molecule has 0 aliphatic carbocycles. The number of aryl methyl sites for hydroxylation is 2. The number of benzene rings is 1. The summed E-state index contributed by atoms with van der Waals surface area (Å²) >= 11 is 0. The lowest BCUT2D eigenvalue weighted by Gasteiger charge is -2.16. The fourth-order valence-electron chi connectivity index (χ4n) is 1.98. The molecule has 0 bridgehead atoms. The minimum absolute atomic E-state index is 1.17. The molecule has 0 N–H and O–H groups in total. The van der Waals surface area contributed by atoms with Gasteiger partial charge in [-0.1, -0.05) is 31.3 Å². The van der Waals surface area contributed by atoms with Gasteiger partial charge in [-0.3, -0.25) is 0 Å². The standard InChI is InChI=1S/C12H18NPSi/c1-9-6-7-10-11(8-9)14-12(13(10)2)15(3,4)5/h6-8H,1-5H3. The highest BCUT2D eigenvalue weighted by molar-refractivity contribution is 7.46. The largest absolute Gasteiger partial charge is 0.347 e. The molecule has 0 atom stereocenters. The first kappa shape index (κ1) is 10.9. The van der Waals surface area contributed by atoms with Crippen LogP contribution in [-0.2, 0) is 7.05 Å². The Labute approximate surface area is 94.2 Å². The van der Waals surface area contributed by atoms with Crippen molar-refractivity contribution in [2.24, 2.45) is 7.05 Å². The van der Waals surface area contributed by atoms with Crippen LogP contribution in [0.15, 0.2) is 18.2 Å². The summed E-state index contributed by atoms with van der Waals surface area (Å²) in [6, 6.07) is 6.78. The minimum atomic E-state index is -1.17. The van der Waals surface area contributed by atoms with Crippen LogP contribution in [0.3, 0.4) is 0 Å². The average Bonchev–Trinajstić information content (AvgIpc) is 2.42. The fourth-order valence-corrected chi connectivity index (χ4v) is 5.90. The Morgan fingerprint density at radius 1 is 1.20 bits per heavy atom. The highest BCUT2D eigenvalue weighted by Crippen LogP contribution is 2.26. The van der Waals surface area contributed by atoms with E-state index in [1.807, 2.05) is 0 Å². The third kappa shape index (κ3) is 1.89. The number of nitrogens with zero attached hydrogens (tertiary/aromatic N) is 1. The van der Waals surface area contributed by atoms with Gasteiger partial charge in [-0.25, -0.2) is 0 Å². The molecule has 0 unspecified atom stereocenters. The molecule has 0 saturated heterocycles. The Hall–Kier alpha value is -0.593. The van der Waals surface area contributed by atoms with Crippen molar-refractivity contribution in [3.05, 3.63) is 23.8 Å². The zero-order valence-corrected chi connectivity index (χ0v) is 12.0. The van der Waals surface area contributed by atoms with Crippen LogP contribution in [0.25, 0.3) is 10.6 Å². The molecule has 1 heterocycles. The van der Waals surface area contributed by atoms with Crippen LogP contribution in [0.4, 0.5) is 0 Å². The molecule has 0 aliphatic rings. The van der Waals surface area contributed by atoms with Gasteiger partial charge in [0, 0.05) is 17.2 Å². The summed E-state index contributed by atoms with van der Waals surface area (Å²) < 4.78 is 2.41. The van der Waals surface area contributed by atoms with E-state index in [1.54, 1.807) is 5.05 Å². The molecule has 0 saturated carbocycles. The molecule has 80 valence electrons. The number of hydrogen-bond donors (Lipinski definition) is 0. The number of aromatic nitrogens is 1. The molecule has 1 aromatic carbocycles. The first-order chi connectivity index (χ1) is 6.89. The Kier molecular flexibility index (Phi) is 2.52. The average molecular weight is 235 g/mol. The van der Waals surface area contributed by atoms with Crippen molar-refractivity contribution in [1.82, 2.24) is 4.57 Å². The molecular formula is C12H18NPSi. The maximum Gasteiger partial charge on any atom is 0.104 e. The van der Waals surface area contributed by atoms with E-state index in [-0.39, 0.29) is 0 Å². The lowest BCUT2D eigenvalue weighted by molar-refractivity contribution is 1.00. The van der Waals surface area contributed by atoms with Gasteiger partial charge in [0.05, 0.1) is 5.52 Å². The van der Waals surface area contributed by atoms with Crippen molar-refractivity contribution in [2.75, 3.05) is 0 Å². The Bertz CT molecular complexity index is 508. The first-order valence-corrected chi connectivity index (χ1v) is 9.72. The van der Waals surface area contributed by atoms with Gasteiger partial charge in [0.1, 0.15) is 8.07 Å². The number of fused-ring (bicyclic) bond motifs is 1. The molecule has 1 aromatic heterocycles. The Balaban J connectivity index is 2.75. The third-order valence-corrected chi connectivity index (χ3v) is 7.84. The van der Waals surface area contributed by atoms with E-state index in [0.717, 1.165) is 0 Å². The van der Waals surface area contributed by atoms with E-state index < -0.39 is 8.07 Å². The summed E-state index contributed by atoms with van der Waals surface area (Å²) in [5.41, 5.74) is 2.77. The predicted octanol–water partition coefficient (Wildman–Crippen LogP) is 3.61. The molecule has 15 heavy (non-hydrogen) atoms. The zero-order chi connectivity index (χ0) is 11.2. The quantitative estimate of drug-likeness (QED) is 0.665. The molecule has 0 amide bonds. The van der Waals surface area contributed by atoms with Crippen molar-refractivity contribution in [3.8, 4) is 0 Å². The number of rotatable bonds is 1. The maximum atomic E-state index is 2.42. The van der Waals surface area contributed by atoms with Gasteiger partial charge in [-0.05, 0) is 27.2 Å². The van der Waals surface area contributed by atoms with Crippen molar-refractivity contribution < 1.29 is 0 Å². The van der Waals surface area contributed by atoms with Crippen LogP contribution in [-0.4, -0.2) is 12.6 Å². The van der Waals surface area contributed by atoms with Gasteiger partial charge < -0.3 is 4.57 Å². The lowest BCUT2D eigenvalue weighted by Crippen LogP contribution is -2.40. The van der Waals surface area contributed by atoms with E-state index >= 15 is 0 Å². The topological polar surface area (TPSA) is 4.93 Å². The second-order valence-electron chi connectivity index (χ2n) is 5.24. The summed E-state index contributed by atoms with van der Waals surface area (Å²) in [4.78, 5) is 0. The zero-order valence-electron chi connectivity index (χ0n) is 10.1. The molecule has 1 nitrogen and oxygen atoms in total. The molecular weight excluding hydrogens is 217 g/mol. The van der Waals surface area contributed by atoms with Crippen molar-refractivity contribution >= 4 is 32.0 Å². The highest BCUT2D eigenvalue weighted by atomic mass is 31.0. The Morgan fingerprint density at radius 2 is 1.87 bits per heavy atom. The normalized spacial score (nSPS) is 12.9. The maximum absolute atomic E-state index is 2.42. The minimum Gasteiger partial charge on any atom is -0.347 e. The summed E-state index contributed by atoms with van der Waals surface area (Å²) in [5.74, 6) is 0. The van der Waals surface area contributed by atoms with Crippen LogP contribution < -0.4 is 5.05 Å². The highest BCUT2D eigenvalue weighted by Gasteiger charge is 2.21. The summed E-state index contributed by atoms with van der Waals surface area (Å²) in [6.07, 6.45) is 0. The second kappa shape index (κ2) is 3.46. The van der Waals surface area contributed by atoms with E-state index in [4.69, 9.17) is 0 Å². The summed E-state index contributed by atoms with van der Waals surface area (Å²) in [6.45, 7) is 9.43. The molecule has 2 aromatic rings. The fraction of sp³-hybridized carbons (Fsp3) is 0.417. The van der Waals surface area contributed by atoms with Crippen molar-refractivity contribution in [3.63, 3.8) is 0 Å². The third-order valence-electron chi connectivity index (χ3n) is 2.71. The molecule has 0 radical (unpaired) electrons. The van der Waals surface area contributed by atoms with Gasteiger partial charge in [0.25, 0.3) is 0 Å². The van der Waals surface area contributed by atoms with Crippen LogP contribution >= 0.6 is 8.19 Å². The van der Waals surface area contributed by atoms with Gasteiger partial charge in [0.2, 0.25) is 0 Å². The lowest BCUT2D eigenvalue weighted by atomic mass is 10.2. The van der Waals surface area contributed by atoms with Gasteiger partial charge >= 0.3 is 0 Å². The molecule has 0 spiro atoms. The number of hydrogen-bond acceptors (Lipinski definition) is 0. The van der Waals surface area contributed by atoms with Crippen molar-refractivity contribution in [2.45, 2.75) is 26.6 Å². The Morgan fingerprint density at radius 3 is 2.47 bits per heavy atom. The second-order valence-corrected chi connectivity index (χ2v) is 11.8. The SMILES string of the molecule is Cc1ccc2c(c1)pc([Si](C)(C)C)n2C. The van der Waals surface area contributed by atoms with Crippen LogP contribution in [0.1, 0.15) is 5.56 Å². The molecule has 0 aliphatic heterocycles. The van der Waals surface area contributed by atoms with Crippen LogP contribution in [0, 0.1) is 6.92 Å². The monoisotopic (exact) mass is 235 g/mol.